The lowest BCUT2D eigenvalue weighted by Gasteiger charge is -2.34. The molecule has 1 atom stereocenters. The van der Waals surface area contributed by atoms with E-state index in [-0.39, 0.29) is 18.7 Å². The molecule has 1 unspecified atom stereocenters. The van der Waals surface area contributed by atoms with Gasteiger partial charge in [-0.25, -0.2) is 0 Å². The van der Waals surface area contributed by atoms with E-state index in [1.54, 1.807) is 14.0 Å². The smallest absolute Gasteiger partial charge is 0.282 e. The minimum absolute atomic E-state index is 0.113. The highest BCUT2D eigenvalue weighted by atomic mass is 32.2. The highest BCUT2D eigenvalue weighted by Crippen LogP contribution is 2.24. The first-order valence-electron chi connectivity index (χ1n) is 6.23. The SMILES string of the molecule is CC(CO)N(C)S(=O)(=O)N(C)C1CCCCC1. The fourth-order valence-electron chi connectivity index (χ4n) is 2.18. The summed E-state index contributed by atoms with van der Waals surface area (Å²) in [5, 5.41) is 9.04. The summed E-state index contributed by atoms with van der Waals surface area (Å²) in [6.45, 7) is 1.54. The summed E-state index contributed by atoms with van der Waals surface area (Å²) in [4.78, 5) is 0. The molecule has 0 radical (unpaired) electrons. The zero-order chi connectivity index (χ0) is 13.1. The Morgan fingerprint density at radius 1 is 1.24 bits per heavy atom. The molecule has 17 heavy (non-hydrogen) atoms. The Bertz CT molecular complexity index is 326. The van der Waals surface area contributed by atoms with Crippen LogP contribution in [0.4, 0.5) is 0 Å². The second-order valence-electron chi connectivity index (χ2n) is 4.86. The van der Waals surface area contributed by atoms with Gasteiger partial charge in [-0.2, -0.15) is 17.0 Å². The van der Waals surface area contributed by atoms with Crippen LogP contribution in [0.5, 0.6) is 0 Å². The van der Waals surface area contributed by atoms with Crippen molar-refractivity contribution in [1.82, 2.24) is 8.61 Å². The van der Waals surface area contributed by atoms with Gasteiger partial charge in [0.05, 0.1) is 6.61 Å². The van der Waals surface area contributed by atoms with Gasteiger partial charge in [0.2, 0.25) is 0 Å². The van der Waals surface area contributed by atoms with Crippen LogP contribution < -0.4 is 0 Å². The minimum atomic E-state index is -3.44. The molecule has 102 valence electrons. The maximum Gasteiger partial charge on any atom is 0.282 e. The highest BCUT2D eigenvalue weighted by molar-refractivity contribution is 7.86. The zero-order valence-corrected chi connectivity index (χ0v) is 11.8. The predicted octanol–water partition coefficient (Wildman–Crippen LogP) is 0.808. The van der Waals surface area contributed by atoms with Crippen molar-refractivity contribution in [3.8, 4) is 0 Å². The quantitative estimate of drug-likeness (QED) is 0.799. The van der Waals surface area contributed by atoms with Crippen LogP contribution in [0.15, 0.2) is 0 Å². The summed E-state index contributed by atoms with van der Waals surface area (Å²) in [5.74, 6) is 0. The maximum absolute atomic E-state index is 12.3. The average Bonchev–Trinajstić information content (AvgIpc) is 2.36. The van der Waals surface area contributed by atoms with Crippen molar-refractivity contribution in [3.05, 3.63) is 0 Å². The molecule has 1 aliphatic carbocycles. The summed E-state index contributed by atoms with van der Waals surface area (Å²) in [6, 6.07) is -0.270. The van der Waals surface area contributed by atoms with E-state index in [9.17, 15) is 8.42 Å². The molecule has 0 heterocycles. The van der Waals surface area contributed by atoms with Gasteiger partial charge in [0.15, 0.2) is 0 Å². The van der Waals surface area contributed by atoms with Crippen LogP contribution in [0.3, 0.4) is 0 Å². The molecule has 1 N–H and O–H groups in total. The third-order valence-electron chi connectivity index (χ3n) is 3.70. The van der Waals surface area contributed by atoms with Crippen LogP contribution in [-0.2, 0) is 10.2 Å². The molecule has 1 aliphatic rings. The third kappa shape index (κ3) is 3.40. The first-order chi connectivity index (χ1) is 7.91. The summed E-state index contributed by atoms with van der Waals surface area (Å²) in [5.41, 5.74) is 0. The number of rotatable bonds is 5. The normalized spacial score (nSPS) is 21.1. The van der Waals surface area contributed by atoms with Gasteiger partial charge in [-0.3, -0.25) is 0 Å². The van der Waals surface area contributed by atoms with Gasteiger partial charge in [-0.15, -0.1) is 0 Å². The van der Waals surface area contributed by atoms with Crippen molar-refractivity contribution in [2.75, 3.05) is 20.7 Å². The van der Waals surface area contributed by atoms with Crippen LogP contribution in [0, 0.1) is 0 Å². The van der Waals surface area contributed by atoms with E-state index < -0.39 is 10.2 Å². The van der Waals surface area contributed by atoms with Crippen LogP contribution >= 0.6 is 0 Å². The second-order valence-corrected chi connectivity index (χ2v) is 6.91. The molecule has 0 saturated heterocycles. The second kappa shape index (κ2) is 6.13. The lowest BCUT2D eigenvalue weighted by atomic mass is 9.96. The van der Waals surface area contributed by atoms with Gasteiger partial charge in [0.1, 0.15) is 0 Å². The Hall–Kier alpha value is -0.170. The first-order valence-corrected chi connectivity index (χ1v) is 7.62. The van der Waals surface area contributed by atoms with Crippen molar-refractivity contribution >= 4 is 10.2 Å². The Kier molecular flexibility index (Phi) is 5.37. The molecule has 0 aromatic carbocycles. The standard InChI is InChI=1S/C11H24N2O3S/c1-10(9-14)12(2)17(15,16)13(3)11-7-5-4-6-8-11/h10-11,14H,4-9H2,1-3H3. The Morgan fingerprint density at radius 2 is 1.76 bits per heavy atom. The van der Waals surface area contributed by atoms with Crippen molar-refractivity contribution in [3.63, 3.8) is 0 Å². The molecular formula is C11H24N2O3S. The maximum atomic E-state index is 12.3. The monoisotopic (exact) mass is 264 g/mol. The summed E-state index contributed by atoms with van der Waals surface area (Å²) in [6.07, 6.45) is 5.29. The fraction of sp³-hybridized carbons (Fsp3) is 1.00. The number of hydrogen-bond acceptors (Lipinski definition) is 3. The molecule has 0 aromatic rings. The first kappa shape index (κ1) is 14.9. The van der Waals surface area contributed by atoms with Crippen molar-refractivity contribution in [2.24, 2.45) is 0 Å². The van der Waals surface area contributed by atoms with Crippen LogP contribution in [-0.4, -0.2) is 54.9 Å². The third-order valence-corrected chi connectivity index (χ3v) is 5.82. The lowest BCUT2D eigenvalue weighted by molar-refractivity contribution is 0.199. The zero-order valence-electron chi connectivity index (χ0n) is 11.0. The number of aliphatic hydroxyl groups excluding tert-OH is 1. The summed E-state index contributed by atoms with van der Waals surface area (Å²) in [7, 11) is -0.275. The Morgan fingerprint density at radius 3 is 2.24 bits per heavy atom. The van der Waals surface area contributed by atoms with Gasteiger partial charge >= 0.3 is 0 Å². The number of likely N-dealkylation sites (N-methyl/N-ethyl adjacent to an activating group) is 1. The van der Waals surface area contributed by atoms with Gasteiger partial charge in [0.25, 0.3) is 10.2 Å². The molecule has 0 aliphatic heterocycles. The van der Waals surface area contributed by atoms with Crippen LogP contribution in [0.25, 0.3) is 0 Å². The molecule has 1 saturated carbocycles. The van der Waals surface area contributed by atoms with E-state index in [1.165, 1.54) is 22.1 Å². The van der Waals surface area contributed by atoms with E-state index in [2.05, 4.69) is 0 Å². The molecule has 1 rings (SSSR count). The lowest BCUT2D eigenvalue weighted by Crippen LogP contribution is -2.49. The predicted molar refractivity (Wildman–Crippen MR) is 67.9 cm³/mol. The molecule has 0 amide bonds. The molecular weight excluding hydrogens is 240 g/mol. The van der Waals surface area contributed by atoms with Crippen LogP contribution in [0.2, 0.25) is 0 Å². The molecule has 0 aromatic heterocycles. The molecule has 1 fully saturated rings. The minimum Gasteiger partial charge on any atom is -0.395 e. The van der Waals surface area contributed by atoms with E-state index in [4.69, 9.17) is 5.11 Å². The van der Waals surface area contributed by atoms with Gasteiger partial charge in [-0.05, 0) is 19.8 Å². The van der Waals surface area contributed by atoms with E-state index in [0.717, 1.165) is 25.7 Å². The fourth-order valence-corrected chi connectivity index (χ4v) is 3.69. The van der Waals surface area contributed by atoms with E-state index in [0.29, 0.717) is 0 Å². The Labute approximate surface area is 105 Å². The van der Waals surface area contributed by atoms with Gasteiger partial charge < -0.3 is 5.11 Å². The van der Waals surface area contributed by atoms with Crippen molar-refractivity contribution < 1.29 is 13.5 Å². The summed E-state index contributed by atoms with van der Waals surface area (Å²) >= 11 is 0. The summed E-state index contributed by atoms with van der Waals surface area (Å²) < 4.78 is 27.3. The van der Waals surface area contributed by atoms with Gasteiger partial charge in [0, 0.05) is 26.2 Å². The molecule has 0 spiro atoms. The van der Waals surface area contributed by atoms with Crippen molar-refractivity contribution in [2.45, 2.75) is 51.1 Å². The van der Waals surface area contributed by atoms with E-state index >= 15 is 0 Å². The largest absolute Gasteiger partial charge is 0.395 e. The van der Waals surface area contributed by atoms with Gasteiger partial charge in [-0.1, -0.05) is 19.3 Å². The molecule has 0 bridgehead atoms. The highest BCUT2D eigenvalue weighted by Gasteiger charge is 2.32. The van der Waals surface area contributed by atoms with Crippen molar-refractivity contribution in [1.29, 1.82) is 0 Å². The van der Waals surface area contributed by atoms with Crippen LogP contribution in [0.1, 0.15) is 39.0 Å². The topological polar surface area (TPSA) is 60.9 Å². The molecule has 5 nitrogen and oxygen atoms in total. The average molecular weight is 264 g/mol. The number of nitrogens with zero attached hydrogens (tertiary/aromatic N) is 2. The number of hydrogen-bond donors (Lipinski definition) is 1. The number of aliphatic hydroxyl groups is 1. The van der Waals surface area contributed by atoms with E-state index in [1.807, 2.05) is 0 Å². The Balaban J connectivity index is 2.74. The molecule has 6 heteroatoms.